The average molecular weight is 284 g/mol. The summed E-state index contributed by atoms with van der Waals surface area (Å²) in [6, 6.07) is 8.75. The second-order valence-electron chi connectivity index (χ2n) is 5.95. The maximum absolute atomic E-state index is 5.99. The summed E-state index contributed by atoms with van der Waals surface area (Å²) in [5.41, 5.74) is 8.72. The first-order valence-electron chi connectivity index (χ1n) is 7.83. The number of pyridine rings is 1. The number of likely N-dealkylation sites (N-methyl/N-ethyl adjacent to an activating group) is 1. The highest BCUT2D eigenvalue weighted by atomic mass is 15.1. The molecule has 3 N–H and O–H groups in total. The fraction of sp³-hybridized carbons (Fsp3) is 0.471. The van der Waals surface area contributed by atoms with Crippen molar-refractivity contribution in [2.45, 2.75) is 31.7 Å². The van der Waals surface area contributed by atoms with Crippen molar-refractivity contribution in [1.82, 2.24) is 9.88 Å². The van der Waals surface area contributed by atoms with Crippen LogP contribution in [0.5, 0.6) is 0 Å². The summed E-state index contributed by atoms with van der Waals surface area (Å²) in [7, 11) is 2.24. The third kappa shape index (κ3) is 3.10. The summed E-state index contributed by atoms with van der Waals surface area (Å²) in [5.74, 6) is 0. The molecule has 3 rings (SSSR count). The van der Waals surface area contributed by atoms with Crippen molar-refractivity contribution in [3.8, 4) is 0 Å². The first-order valence-corrected chi connectivity index (χ1v) is 7.83. The van der Waals surface area contributed by atoms with Crippen LogP contribution in [0, 0.1) is 0 Å². The molecule has 0 spiro atoms. The van der Waals surface area contributed by atoms with E-state index in [2.05, 4.69) is 28.3 Å². The molecule has 1 aliphatic rings. The molecule has 0 amide bonds. The Morgan fingerprint density at radius 2 is 2.10 bits per heavy atom. The molecule has 112 valence electrons. The van der Waals surface area contributed by atoms with Gasteiger partial charge in [-0.3, -0.25) is 4.98 Å². The van der Waals surface area contributed by atoms with Crippen LogP contribution in [0.4, 0.5) is 11.4 Å². The highest BCUT2D eigenvalue weighted by Crippen LogP contribution is 2.25. The monoisotopic (exact) mass is 284 g/mol. The Bertz CT molecular complexity index is 605. The number of benzene rings is 1. The van der Waals surface area contributed by atoms with Crippen molar-refractivity contribution in [1.29, 1.82) is 0 Å². The molecule has 4 nitrogen and oxygen atoms in total. The SMILES string of the molecule is CN(CCNc1ccnc2c(N)cccc12)C1CCCC1. The van der Waals surface area contributed by atoms with E-state index in [0.717, 1.165) is 41.4 Å². The van der Waals surface area contributed by atoms with Gasteiger partial charge in [-0.15, -0.1) is 0 Å². The van der Waals surface area contributed by atoms with E-state index < -0.39 is 0 Å². The number of hydrogen-bond donors (Lipinski definition) is 2. The first kappa shape index (κ1) is 14.1. The third-order valence-electron chi connectivity index (χ3n) is 4.53. The molecular formula is C17H24N4. The summed E-state index contributed by atoms with van der Waals surface area (Å²) >= 11 is 0. The number of fused-ring (bicyclic) bond motifs is 1. The lowest BCUT2D eigenvalue weighted by Crippen LogP contribution is -2.33. The Morgan fingerprint density at radius 1 is 1.29 bits per heavy atom. The van der Waals surface area contributed by atoms with E-state index in [4.69, 9.17) is 5.73 Å². The zero-order valence-electron chi connectivity index (χ0n) is 12.7. The maximum Gasteiger partial charge on any atom is 0.0951 e. The lowest BCUT2D eigenvalue weighted by molar-refractivity contribution is 0.254. The standard InChI is InChI=1S/C17H24N4/c1-21(13-5-2-3-6-13)12-11-19-16-9-10-20-17-14(16)7-4-8-15(17)18/h4,7-10,13H,2-3,5-6,11-12,18H2,1H3,(H,19,20). The van der Waals surface area contributed by atoms with E-state index in [0.29, 0.717) is 0 Å². The molecule has 1 fully saturated rings. The van der Waals surface area contributed by atoms with E-state index in [1.54, 1.807) is 0 Å². The van der Waals surface area contributed by atoms with Gasteiger partial charge < -0.3 is 16.0 Å². The number of nitrogens with zero attached hydrogens (tertiary/aromatic N) is 2. The molecule has 1 heterocycles. The quantitative estimate of drug-likeness (QED) is 0.828. The number of anilines is 2. The molecule has 1 aromatic heterocycles. The van der Waals surface area contributed by atoms with Crippen LogP contribution in [0.3, 0.4) is 0 Å². The Morgan fingerprint density at radius 3 is 2.90 bits per heavy atom. The molecule has 1 aromatic carbocycles. The Hall–Kier alpha value is -1.81. The number of para-hydroxylation sites is 1. The minimum absolute atomic E-state index is 0.735. The van der Waals surface area contributed by atoms with Gasteiger partial charge in [-0.2, -0.15) is 0 Å². The predicted molar refractivity (Wildman–Crippen MR) is 89.5 cm³/mol. The number of nitrogen functional groups attached to an aromatic ring is 1. The molecule has 1 aliphatic carbocycles. The number of nitrogens with two attached hydrogens (primary N) is 1. The lowest BCUT2D eigenvalue weighted by Gasteiger charge is -2.24. The van der Waals surface area contributed by atoms with Gasteiger partial charge in [-0.25, -0.2) is 0 Å². The van der Waals surface area contributed by atoms with Gasteiger partial charge in [-0.1, -0.05) is 25.0 Å². The van der Waals surface area contributed by atoms with Gasteiger partial charge in [0.15, 0.2) is 0 Å². The molecule has 1 saturated carbocycles. The van der Waals surface area contributed by atoms with Crippen molar-refractivity contribution >= 4 is 22.3 Å². The van der Waals surface area contributed by atoms with Crippen LogP contribution in [0.25, 0.3) is 10.9 Å². The summed E-state index contributed by atoms with van der Waals surface area (Å²) in [5, 5.41) is 4.63. The van der Waals surface area contributed by atoms with Crippen molar-refractivity contribution in [2.75, 3.05) is 31.2 Å². The van der Waals surface area contributed by atoms with Gasteiger partial charge in [-0.05, 0) is 32.0 Å². The zero-order chi connectivity index (χ0) is 14.7. The van der Waals surface area contributed by atoms with Crippen LogP contribution < -0.4 is 11.1 Å². The number of aromatic nitrogens is 1. The smallest absolute Gasteiger partial charge is 0.0951 e. The zero-order valence-corrected chi connectivity index (χ0v) is 12.7. The van der Waals surface area contributed by atoms with Gasteiger partial charge in [0.1, 0.15) is 0 Å². The van der Waals surface area contributed by atoms with E-state index in [9.17, 15) is 0 Å². The number of nitrogens with one attached hydrogen (secondary N) is 1. The Kier molecular flexibility index (Phi) is 4.25. The molecule has 21 heavy (non-hydrogen) atoms. The molecule has 4 heteroatoms. The third-order valence-corrected chi connectivity index (χ3v) is 4.53. The second-order valence-corrected chi connectivity index (χ2v) is 5.95. The first-order chi connectivity index (χ1) is 10.3. The molecular weight excluding hydrogens is 260 g/mol. The molecule has 0 aliphatic heterocycles. The Labute approximate surface area is 126 Å². The van der Waals surface area contributed by atoms with Gasteiger partial charge in [0.05, 0.1) is 11.2 Å². The van der Waals surface area contributed by atoms with Crippen LogP contribution >= 0.6 is 0 Å². The summed E-state index contributed by atoms with van der Waals surface area (Å²) in [4.78, 5) is 6.86. The second kappa shape index (κ2) is 6.31. The van der Waals surface area contributed by atoms with E-state index in [1.165, 1.54) is 25.7 Å². The van der Waals surface area contributed by atoms with Crippen molar-refractivity contribution < 1.29 is 0 Å². The fourth-order valence-electron chi connectivity index (χ4n) is 3.25. The van der Waals surface area contributed by atoms with Gasteiger partial charge in [0.2, 0.25) is 0 Å². The van der Waals surface area contributed by atoms with Crippen molar-refractivity contribution in [3.63, 3.8) is 0 Å². The normalized spacial score (nSPS) is 15.9. The van der Waals surface area contributed by atoms with Crippen LogP contribution in [0.2, 0.25) is 0 Å². The summed E-state index contributed by atoms with van der Waals surface area (Å²) < 4.78 is 0. The lowest BCUT2D eigenvalue weighted by atomic mass is 10.1. The highest BCUT2D eigenvalue weighted by molar-refractivity contribution is 5.97. The predicted octanol–water partition coefficient (Wildman–Crippen LogP) is 3.10. The van der Waals surface area contributed by atoms with Crippen LogP contribution in [-0.4, -0.2) is 36.1 Å². The molecule has 0 radical (unpaired) electrons. The topological polar surface area (TPSA) is 54.2 Å². The van der Waals surface area contributed by atoms with Crippen molar-refractivity contribution in [2.24, 2.45) is 0 Å². The largest absolute Gasteiger partial charge is 0.397 e. The van der Waals surface area contributed by atoms with Gasteiger partial charge >= 0.3 is 0 Å². The average Bonchev–Trinajstić information content (AvgIpc) is 3.02. The molecule has 0 unspecified atom stereocenters. The minimum Gasteiger partial charge on any atom is -0.397 e. The van der Waals surface area contributed by atoms with Gasteiger partial charge in [0, 0.05) is 36.4 Å². The molecule has 0 bridgehead atoms. The van der Waals surface area contributed by atoms with Crippen LogP contribution in [0.15, 0.2) is 30.5 Å². The molecule has 0 atom stereocenters. The van der Waals surface area contributed by atoms with E-state index in [-0.39, 0.29) is 0 Å². The number of hydrogen-bond acceptors (Lipinski definition) is 4. The molecule has 2 aromatic rings. The van der Waals surface area contributed by atoms with E-state index in [1.807, 2.05) is 24.4 Å². The summed E-state index contributed by atoms with van der Waals surface area (Å²) in [6.07, 6.45) is 7.30. The van der Waals surface area contributed by atoms with Crippen LogP contribution in [0.1, 0.15) is 25.7 Å². The van der Waals surface area contributed by atoms with E-state index >= 15 is 0 Å². The number of rotatable bonds is 5. The van der Waals surface area contributed by atoms with Crippen LogP contribution in [-0.2, 0) is 0 Å². The molecule has 0 saturated heterocycles. The maximum atomic E-state index is 5.99. The van der Waals surface area contributed by atoms with Crippen molar-refractivity contribution in [3.05, 3.63) is 30.5 Å². The Balaban J connectivity index is 1.64. The van der Waals surface area contributed by atoms with Gasteiger partial charge in [0.25, 0.3) is 0 Å². The minimum atomic E-state index is 0.735. The fourth-order valence-corrected chi connectivity index (χ4v) is 3.25. The summed E-state index contributed by atoms with van der Waals surface area (Å²) in [6.45, 7) is 2.01. The highest BCUT2D eigenvalue weighted by Gasteiger charge is 2.18.